The average molecular weight is 279 g/mol. The van der Waals surface area contributed by atoms with E-state index in [1.165, 1.54) is 12.8 Å². The number of hydrogen-bond donors (Lipinski definition) is 2. The van der Waals surface area contributed by atoms with Crippen LogP contribution in [-0.2, 0) is 9.53 Å². The summed E-state index contributed by atoms with van der Waals surface area (Å²) < 4.78 is 4.91. The molecular formula is C13H27ClN2O2. The Morgan fingerprint density at radius 3 is 2.56 bits per heavy atom. The van der Waals surface area contributed by atoms with Crippen molar-refractivity contribution >= 4 is 18.3 Å². The van der Waals surface area contributed by atoms with Gasteiger partial charge < -0.3 is 15.4 Å². The molecule has 4 nitrogen and oxygen atoms in total. The van der Waals surface area contributed by atoms with Crippen molar-refractivity contribution in [2.45, 2.75) is 45.1 Å². The van der Waals surface area contributed by atoms with Crippen LogP contribution in [0.4, 0.5) is 0 Å². The fourth-order valence-electron chi connectivity index (χ4n) is 2.28. The van der Waals surface area contributed by atoms with Gasteiger partial charge in [0.05, 0.1) is 13.2 Å². The van der Waals surface area contributed by atoms with Gasteiger partial charge in [-0.3, -0.25) is 4.79 Å². The van der Waals surface area contributed by atoms with Crippen LogP contribution in [0.25, 0.3) is 0 Å². The van der Waals surface area contributed by atoms with Crippen molar-refractivity contribution in [1.29, 1.82) is 0 Å². The standard InChI is InChI=1S/C13H26N2O2.ClH/c1-11-4-6-13(2,7-5-11)15-12(16)10-14-8-9-17-3;/h11,14H,4-10H2,1-3H3,(H,15,16);1H. The van der Waals surface area contributed by atoms with Gasteiger partial charge in [0.2, 0.25) is 5.91 Å². The third-order valence-electron chi connectivity index (χ3n) is 3.59. The van der Waals surface area contributed by atoms with Crippen LogP contribution in [0.1, 0.15) is 39.5 Å². The molecule has 108 valence electrons. The number of halogens is 1. The molecule has 1 rings (SSSR count). The summed E-state index contributed by atoms with van der Waals surface area (Å²) in [5.74, 6) is 0.901. The molecule has 0 aromatic carbocycles. The summed E-state index contributed by atoms with van der Waals surface area (Å²) in [7, 11) is 1.66. The maximum Gasteiger partial charge on any atom is 0.234 e. The van der Waals surface area contributed by atoms with Gasteiger partial charge in [-0.15, -0.1) is 12.4 Å². The molecule has 1 saturated carbocycles. The number of carbonyl (C=O) groups is 1. The Morgan fingerprint density at radius 1 is 1.39 bits per heavy atom. The Kier molecular flexibility index (Phi) is 8.57. The van der Waals surface area contributed by atoms with E-state index < -0.39 is 0 Å². The molecule has 0 bridgehead atoms. The van der Waals surface area contributed by atoms with E-state index in [4.69, 9.17) is 4.74 Å². The second kappa shape index (κ2) is 8.73. The van der Waals surface area contributed by atoms with Gasteiger partial charge in [0, 0.05) is 19.2 Å². The van der Waals surface area contributed by atoms with Crippen LogP contribution in [-0.4, -0.2) is 38.3 Å². The lowest BCUT2D eigenvalue weighted by molar-refractivity contribution is -0.122. The maximum atomic E-state index is 11.7. The van der Waals surface area contributed by atoms with E-state index in [0.717, 1.165) is 25.3 Å². The summed E-state index contributed by atoms with van der Waals surface area (Å²) in [6.07, 6.45) is 4.62. The molecule has 1 aliphatic carbocycles. The van der Waals surface area contributed by atoms with E-state index in [9.17, 15) is 4.79 Å². The highest BCUT2D eigenvalue weighted by Crippen LogP contribution is 2.31. The van der Waals surface area contributed by atoms with Crippen molar-refractivity contribution in [2.24, 2.45) is 5.92 Å². The van der Waals surface area contributed by atoms with Gasteiger partial charge in [-0.1, -0.05) is 6.92 Å². The first-order valence-corrected chi connectivity index (χ1v) is 6.56. The molecule has 2 N–H and O–H groups in total. The SMILES string of the molecule is COCCNCC(=O)NC1(C)CCC(C)CC1.Cl. The number of ether oxygens (including phenoxy) is 1. The lowest BCUT2D eigenvalue weighted by Crippen LogP contribution is -2.50. The molecule has 0 spiro atoms. The Bertz CT molecular complexity index is 241. The molecule has 0 saturated heterocycles. The Morgan fingerprint density at radius 2 is 2.00 bits per heavy atom. The van der Waals surface area contributed by atoms with Crippen molar-refractivity contribution in [2.75, 3.05) is 26.8 Å². The topological polar surface area (TPSA) is 50.4 Å². The fraction of sp³-hybridized carbons (Fsp3) is 0.923. The summed E-state index contributed by atoms with van der Waals surface area (Å²) >= 11 is 0. The summed E-state index contributed by atoms with van der Waals surface area (Å²) in [5.41, 5.74) is 0.00648. The number of rotatable bonds is 6. The number of amides is 1. The first kappa shape index (κ1) is 17.7. The molecule has 1 fully saturated rings. The minimum atomic E-state index is 0. The van der Waals surface area contributed by atoms with Crippen molar-refractivity contribution in [1.82, 2.24) is 10.6 Å². The smallest absolute Gasteiger partial charge is 0.234 e. The lowest BCUT2D eigenvalue weighted by atomic mass is 9.78. The van der Waals surface area contributed by atoms with Gasteiger partial charge in [-0.2, -0.15) is 0 Å². The van der Waals surface area contributed by atoms with Crippen molar-refractivity contribution in [3.63, 3.8) is 0 Å². The number of nitrogens with one attached hydrogen (secondary N) is 2. The van der Waals surface area contributed by atoms with Crippen LogP contribution in [0, 0.1) is 5.92 Å². The molecule has 1 amide bonds. The highest BCUT2D eigenvalue weighted by atomic mass is 35.5. The minimum Gasteiger partial charge on any atom is -0.383 e. The lowest BCUT2D eigenvalue weighted by Gasteiger charge is -2.37. The van der Waals surface area contributed by atoms with Gasteiger partial charge in [-0.05, 0) is 38.5 Å². The van der Waals surface area contributed by atoms with Crippen molar-refractivity contribution < 1.29 is 9.53 Å². The highest BCUT2D eigenvalue weighted by Gasteiger charge is 2.30. The van der Waals surface area contributed by atoms with Crippen LogP contribution < -0.4 is 10.6 Å². The van der Waals surface area contributed by atoms with Gasteiger partial charge >= 0.3 is 0 Å². The molecule has 0 unspecified atom stereocenters. The number of methoxy groups -OCH3 is 1. The van der Waals surface area contributed by atoms with Crippen LogP contribution in [0.2, 0.25) is 0 Å². The zero-order valence-electron chi connectivity index (χ0n) is 11.8. The molecule has 0 atom stereocenters. The van der Waals surface area contributed by atoms with E-state index in [0.29, 0.717) is 13.2 Å². The van der Waals surface area contributed by atoms with Gasteiger partial charge in [0.15, 0.2) is 0 Å². The molecule has 0 radical (unpaired) electrons. The number of carbonyl (C=O) groups excluding carboxylic acids is 1. The van der Waals surface area contributed by atoms with Gasteiger partial charge in [0.1, 0.15) is 0 Å². The second-order valence-electron chi connectivity index (χ2n) is 5.46. The van der Waals surface area contributed by atoms with E-state index in [1.54, 1.807) is 7.11 Å². The third kappa shape index (κ3) is 6.57. The molecular weight excluding hydrogens is 252 g/mol. The van der Waals surface area contributed by atoms with Crippen LogP contribution >= 0.6 is 12.4 Å². The highest BCUT2D eigenvalue weighted by molar-refractivity contribution is 5.85. The van der Waals surface area contributed by atoms with Gasteiger partial charge in [0.25, 0.3) is 0 Å². The maximum absolute atomic E-state index is 11.7. The summed E-state index contributed by atoms with van der Waals surface area (Å²) in [6, 6.07) is 0. The van der Waals surface area contributed by atoms with E-state index in [-0.39, 0.29) is 23.9 Å². The summed E-state index contributed by atoms with van der Waals surface area (Å²) in [4.78, 5) is 11.7. The van der Waals surface area contributed by atoms with E-state index in [2.05, 4.69) is 24.5 Å². The molecule has 0 aromatic rings. The van der Waals surface area contributed by atoms with E-state index in [1.807, 2.05) is 0 Å². The normalized spacial score (nSPS) is 27.4. The second-order valence-corrected chi connectivity index (χ2v) is 5.46. The quantitative estimate of drug-likeness (QED) is 0.728. The Labute approximate surface area is 117 Å². The number of hydrogen-bond acceptors (Lipinski definition) is 3. The van der Waals surface area contributed by atoms with Gasteiger partial charge in [-0.25, -0.2) is 0 Å². The predicted octanol–water partition coefficient (Wildman–Crippen LogP) is 1.73. The summed E-state index contributed by atoms with van der Waals surface area (Å²) in [6.45, 7) is 6.19. The molecule has 5 heteroatoms. The minimum absolute atomic E-state index is 0. The predicted molar refractivity (Wildman–Crippen MR) is 76.2 cm³/mol. The Balaban J connectivity index is 0.00000289. The molecule has 0 aromatic heterocycles. The molecule has 0 heterocycles. The molecule has 18 heavy (non-hydrogen) atoms. The Hall–Kier alpha value is -0.320. The molecule has 0 aliphatic heterocycles. The molecule has 1 aliphatic rings. The van der Waals surface area contributed by atoms with Crippen LogP contribution in [0.15, 0.2) is 0 Å². The van der Waals surface area contributed by atoms with Crippen molar-refractivity contribution in [3.05, 3.63) is 0 Å². The fourth-order valence-corrected chi connectivity index (χ4v) is 2.28. The van der Waals surface area contributed by atoms with Crippen molar-refractivity contribution in [3.8, 4) is 0 Å². The average Bonchev–Trinajstić information content (AvgIpc) is 2.29. The van der Waals surface area contributed by atoms with Crippen LogP contribution in [0.5, 0.6) is 0 Å². The summed E-state index contributed by atoms with van der Waals surface area (Å²) in [5, 5.41) is 6.22. The zero-order valence-corrected chi connectivity index (χ0v) is 12.6. The monoisotopic (exact) mass is 278 g/mol. The first-order chi connectivity index (χ1) is 8.06. The third-order valence-corrected chi connectivity index (χ3v) is 3.59. The van der Waals surface area contributed by atoms with E-state index >= 15 is 0 Å². The first-order valence-electron chi connectivity index (χ1n) is 6.56. The largest absolute Gasteiger partial charge is 0.383 e. The van der Waals surface area contributed by atoms with Crippen LogP contribution in [0.3, 0.4) is 0 Å². The zero-order chi connectivity index (χ0) is 12.7.